The second kappa shape index (κ2) is 7.94. The van der Waals surface area contributed by atoms with Crippen LogP contribution in [0.15, 0.2) is 41.8 Å². The molecule has 0 amide bonds. The summed E-state index contributed by atoms with van der Waals surface area (Å²) in [5.74, 6) is 0.878. The third kappa shape index (κ3) is 4.67. The Morgan fingerprint density at radius 1 is 1.05 bits per heavy atom. The Labute approximate surface area is 118 Å². The van der Waals surface area contributed by atoms with Crippen molar-refractivity contribution in [3.8, 4) is 5.75 Å². The average molecular weight is 277 g/mol. The Bertz CT molecular complexity index is 471. The fourth-order valence-corrected chi connectivity index (χ4v) is 2.36. The van der Waals surface area contributed by atoms with Gasteiger partial charge in [-0.05, 0) is 17.5 Å². The molecule has 0 aliphatic rings. The lowest BCUT2D eigenvalue weighted by molar-refractivity contribution is 0.109. The Morgan fingerprint density at radius 2 is 1.95 bits per heavy atom. The van der Waals surface area contributed by atoms with Crippen LogP contribution in [0.4, 0.5) is 0 Å². The molecule has 0 aliphatic carbocycles. The summed E-state index contributed by atoms with van der Waals surface area (Å²) in [6.45, 7) is 2.56. The minimum absolute atomic E-state index is 0.505. The highest BCUT2D eigenvalue weighted by atomic mass is 32.1. The van der Waals surface area contributed by atoms with E-state index in [1.54, 1.807) is 11.3 Å². The van der Waals surface area contributed by atoms with Crippen LogP contribution in [-0.4, -0.2) is 13.2 Å². The fraction of sp³-hybridized carbons (Fsp3) is 0.333. The minimum Gasteiger partial charge on any atom is -0.493 e. The number of hydrogen-bond acceptors (Lipinski definition) is 4. The molecular formula is C15H19NO2S. The van der Waals surface area contributed by atoms with Crippen molar-refractivity contribution in [3.05, 3.63) is 52.2 Å². The summed E-state index contributed by atoms with van der Waals surface area (Å²) in [6.07, 6.45) is 0.879. The number of benzene rings is 1. The van der Waals surface area contributed by atoms with Crippen LogP contribution < -0.4 is 10.5 Å². The third-order valence-corrected chi connectivity index (χ3v) is 3.56. The highest BCUT2D eigenvalue weighted by Gasteiger charge is 2.00. The molecule has 3 nitrogen and oxygen atoms in total. The van der Waals surface area contributed by atoms with Crippen LogP contribution in [0.5, 0.6) is 5.75 Å². The highest BCUT2D eigenvalue weighted by Crippen LogP contribution is 2.17. The van der Waals surface area contributed by atoms with Gasteiger partial charge in [-0.2, -0.15) is 0 Å². The number of rotatable bonds is 8. The van der Waals surface area contributed by atoms with Crippen LogP contribution >= 0.6 is 11.3 Å². The summed E-state index contributed by atoms with van der Waals surface area (Å²) in [4.78, 5) is 1.26. The van der Waals surface area contributed by atoms with Crippen LogP contribution in [0.25, 0.3) is 0 Å². The van der Waals surface area contributed by atoms with Gasteiger partial charge in [-0.3, -0.25) is 0 Å². The minimum atomic E-state index is 0.505. The van der Waals surface area contributed by atoms with Gasteiger partial charge >= 0.3 is 0 Å². The van der Waals surface area contributed by atoms with Gasteiger partial charge in [0, 0.05) is 23.4 Å². The van der Waals surface area contributed by atoms with Crippen molar-refractivity contribution in [1.29, 1.82) is 0 Å². The van der Waals surface area contributed by atoms with E-state index < -0.39 is 0 Å². The van der Waals surface area contributed by atoms with Gasteiger partial charge in [-0.15, -0.1) is 11.3 Å². The van der Waals surface area contributed by atoms with Crippen LogP contribution in [-0.2, 0) is 17.9 Å². The van der Waals surface area contributed by atoms with E-state index in [0.29, 0.717) is 26.4 Å². The molecule has 2 aromatic rings. The number of nitrogens with two attached hydrogens (primary N) is 1. The van der Waals surface area contributed by atoms with E-state index in [4.69, 9.17) is 15.2 Å². The molecule has 1 heterocycles. The maximum Gasteiger partial charge on any atom is 0.123 e. The van der Waals surface area contributed by atoms with E-state index in [1.807, 2.05) is 30.3 Å². The van der Waals surface area contributed by atoms with Crippen LogP contribution in [0.2, 0.25) is 0 Å². The topological polar surface area (TPSA) is 44.5 Å². The standard InChI is InChI=1S/C15H19NO2S/c16-11-13-5-1-2-7-15(13)18-9-4-8-17-12-14-6-3-10-19-14/h1-3,5-7,10H,4,8-9,11-12,16H2. The molecule has 2 N–H and O–H groups in total. The van der Waals surface area contributed by atoms with Crippen LogP contribution in [0.1, 0.15) is 16.9 Å². The average Bonchev–Trinajstić information content (AvgIpc) is 2.96. The molecular weight excluding hydrogens is 258 g/mol. The molecule has 0 aliphatic heterocycles. The number of para-hydroxylation sites is 1. The zero-order valence-corrected chi connectivity index (χ0v) is 11.7. The first-order valence-electron chi connectivity index (χ1n) is 6.41. The summed E-state index contributed by atoms with van der Waals surface area (Å²) in [7, 11) is 0. The second-order valence-electron chi connectivity index (χ2n) is 4.15. The van der Waals surface area contributed by atoms with Crippen molar-refractivity contribution >= 4 is 11.3 Å². The molecule has 0 bridgehead atoms. The van der Waals surface area contributed by atoms with Crippen molar-refractivity contribution < 1.29 is 9.47 Å². The van der Waals surface area contributed by atoms with Crippen LogP contribution in [0.3, 0.4) is 0 Å². The van der Waals surface area contributed by atoms with E-state index in [1.165, 1.54) is 4.88 Å². The van der Waals surface area contributed by atoms with Crippen molar-refractivity contribution in [2.75, 3.05) is 13.2 Å². The molecule has 0 spiro atoms. The largest absolute Gasteiger partial charge is 0.493 e. The number of ether oxygens (including phenoxy) is 2. The Morgan fingerprint density at radius 3 is 2.74 bits per heavy atom. The summed E-state index contributed by atoms with van der Waals surface area (Å²) in [5, 5.41) is 2.06. The zero-order valence-electron chi connectivity index (χ0n) is 10.9. The van der Waals surface area contributed by atoms with E-state index in [2.05, 4.69) is 11.4 Å². The maximum atomic E-state index is 5.71. The first-order chi connectivity index (χ1) is 9.40. The van der Waals surface area contributed by atoms with Gasteiger partial charge in [0.2, 0.25) is 0 Å². The monoisotopic (exact) mass is 277 g/mol. The maximum absolute atomic E-state index is 5.71. The van der Waals surface area contributed by atoms with Gasteiger partial charge in [0.1, 0.15) is 5.75 Å². The van der Waals surface area contributed by atoms with Crippen molar-refractivity contribution in [3.63, 3.8) is 0 Å². The van der Waals surface area contributed by atoms with Gasteiger partial charge in [0.05, 0.1) is 19.8 Å². The quantitative estimate of drug-likeness (QED) is 0.754. The Balaban J connectivity index is 1.61. The Hall–Kier alpha value is -1.36. The molecule has 0 unspecified atom stereocenters. The molecule has 4 heteroatoms. The molecule has 0 saturated carbocycles. The fourth-order valence-electron chi connectivity index (χ4n) is 1.72. The predicted octanol–water partition coefficient (Wildman–Crippen LogP) is 3.19. The van der Waals surface area contributed by atoms with E-state index in [-0.39, 0.29) is 0 Å². The smallest absolute Gasteiger partial charge is 0.123 e. The molecule has 19 heavy (non-hydrogen) atoms. The lowest BCUT2D eigenvalue weighted by Crippen LogP contribution is -2.06. The normalized spacial score (nSPS) is 10.6. The van der Waals surface area contributed by atoms with Crippen molar-refractivity contribution in [2.24, 2.45) is 5.73 Å². The van der Waals surface area contributed by atoms with Crippen LogP contribution in [0, 0.1) is 0 Å². The van der Waals surface area contributed by atoms with Gasteiger partial charge in [0.15, 0.2) is 0 Å². The van der Waals surface area contributed by atoms with Gasteiger partial charge in [-0.1, -0.05) is 24.3 Å². The number of hydrogen-bond donors (Lipinski definition) is 1. The number of thiophene rings is 1. The molecule has 102 valence electrons. The van der Waals surface area contributed by atoms with Gasteiger partial charge < -0.3 is 15.2 Å². The molecule has 0 atom stereocenters. The Kier molecular flexibility index (Phi) is 5.88. The van der Waals surface area contributed by atoms with E-state index in [0.717, 1.165) is 17.7 Å². The molecule has 2 rings (SSSR count). The zero-order chi connectivity index (χ0) is 13.3. The summed E-state index contributed by atoms with van der Waals surface area (Å²) >= 11 is 1.72. The molecule has 0 fully saturated rings. The molecule has 1 aromatic heterocycles. The van der Waals surface area contributed by atoms with Gasteiger partial charge in [0.25, 0.3) is 0 Å². The highest BCUT2D eigenvalue weighted by molar-refractivity contribution is 7.09. The van der Waals surface area contributed by atoms with Gasteiger partial charge in [-0.25, -0.2) is 0 Å². The summed E-state index contributed by atoms with van der Waals surface area (Å²) < 4.78 is 11.3. The van der Waals surface area contributed by atoms with E-state index >= 15 is 0 Å². The summed E-state index contributed by atoms with van der Waals surface area (Å²) in [6, 6.07) is 12.0. The SMILES string of the molecule is NCc1ccccc1OCCCOCc1cccs1. The molecule has 0 saturated heterocycles. The predicted molar refractivity (Wildman–Crippen MR) is 78.4 cm³/mol. The first kappa shape index (κ1) is 14.1. The first-order valence-corrected chi connectivity index (χ1v) is 7.29. The summed E-state index contributed by atoms with van der Waals surface area (Å²) in [5.41, 5.74) is 6.70. The van der Waals surface area contributed by atoms with Crippen molar-refractivity contribution in [2.45, 2.75) is 19.6 Å². The molecule has 0 radical (unpaired) electrons. The lowest BCUT2D eigenvalue weighted by Gasteiger charge is -2.10. The van der Waals surface area contributed by atoms with Crippen molar-refractivity contribution in [1.82, 2.24) is 0 Å². The lowest BCUT2D eigenvalue weighted by atomic mass is 10.2. The van der Waals surface area contributed by atoms with E-state index in [9.17, 15) is 0 Å². The second-order valence-corrected chi connectivity index (χ2v) is 5.18. The molecule has 1 aromatic carbocycles. The third-order valence-electron chi connectivity index (χ3n) is 2.71.